The molecule has 0 aliphatic rings. The topological polar surface area (TPSA) is 75.4 Å². The quantitative estimate of drug-likeness (QED) is 0.632. The third-order valence-electron chi connectivity index (χ3n) is 2.60. The van der Waals surface area contributed by atoms with Crippen molar-refractivity contribution in [2.75, 3.05) is 11.9 Å². The SMILES string of the molecule is CC(C)(C)CC(O)CNc1c(Cl)cc([N+](=O)[O-])cc1Cl. The van der Waals surface area contributed by atoms with Gasteiger partial charge >= 0.3 is 0 Å². The van der Waals surface area contributed by atoms with Crippen molar-refractivity contribution in [2.45, 2.75) is 33.3 Å². The van der Waals surface area contributed by atoms with E-state index in [1.165, 1.54) is 12.1 Å². The van der Waals surface area contributed by atoms with E-state index in [0.717, 1.165) is 0 Å². The van der Waals surface area contributed by atoms with Crippen LogP contribution in [0.25, 0.3) is 0 Å². The largest absolute Gasteiger partial charge is 0.391 e. The summed E-state index contributed by atoms with van der Waals surface area (Å²) < 4.78 is 0. The minimum absolute atomic E-state index is 0.00413. The molecule has 0 heterocycles. The predicted molar refractivity (Wildman–Crippen MR) is 81.7 cm³/mol. The normalized spacial score (nSPS) is 13.1. The van der Waals surface area contributed by atoms with Gasteiger partial charge in [0.05, 0.1) is 26.8 Å². The Hall–Kier alpha value is -1.04. The average molecular weight is 321 g/mol. The minimum Gasteiger partial charge on any atom is -0.391 e. The summed E-state index contributed by atoms with van der Waals surface area (Å²) in [6.07, 6.45) is 0.0553. The number of nitrogens with one attached hydrogen (secondary N) is 1. The Labute approximate surface area is 128 Å². The lowest BCUT2D eigenvalue weighted by molar-refractivity contribution is -0.384. The summed E-state index contributed by atoms with van der Waals surface area (Å²) in [5.41, 5.74) is 0.233. The molecule has 0 aliphatic carbocycles. The first-order valence-electron chi connectivity index (χ1n) is 6.15. The van der Waals surface area contributed by atoms with Crippen LogP contribution in [0.4, 0.5) is 11.4 Å². The Balaban J connectivity index is 2.76. The van der Waals surface area contributed by atoms with Crippen LogP contribution in [0.2, 0.25) is 10.0 Å². The summed E-state index contributed by atoms with van der Waals surface area (Å²) in [6.45, 7) is 6.36. The number of aliphatic hydroxyl groups excluding tert-OH is 1. The number of aliphatic hydroxyl groups is 1. The highest BCUT2D eigenvalue weighted by molar-refractivity contribution is 6.39. The van der Waals surface area contributed by atoms with E-state index in [4.69, 9.17) is 23.2 Å². The molecule has 1 rings (SSSR count). The molecule has 0 bridgehead atoms. The van der Waals surface area contributed by atoms with Crippen LogP contribution in [0.15, 0.2) is 12.1 Å². The molecule has 7 heteroatoms. The lowest BCUT2D eigenvalue weighted by Gasteiger charge is -2.23. The monoisotopic (exact) mass is 320 g/mol. The molecule has 0 amide bonds. The molecular formula is C13H18Cl2N2O3. The summed E-state index contributed by atoms with van der Waals surface area (Å²) in [5.74, 6) is 0. The van der Waals surface area contributed by atoms with Gasteiger partial charge in [-0.1, -0.05) is 44.0 Å². The van der Waals surface area contributed by atoms with Gasteiger partial charge in [-0.05, 0) is 11.8 Å². The first-order valence-corrected chi connectivity index (χ1v) is 6.91. The molecule has 0 saturated carbocycles. The summed E-state index contributed by atoms with van der Waals surface area (Å²) in [5, 5.41) is 23.8. The maximum absolute atomic E-state index is 10.7. The smallest absolute Gasteiger partial charge is 0.272 e. The Morgan fingerprint density at radius 3 is 2.25 bits per heavy atom. The highest BCUT2D eigenvalue weighted by atomic mass is 35.5. The first-order chi connectivity index (χ1) is 9.10. The zero-order chi connectivity index (χ0) is 15.5. The van der Waals surface area contributed by atoms with E-state index < -0.39 is 11.0 Å². The number of hydrogen-bond donors (Lipinski definition) is 2. The van der Waals surface area contributed by atoms with Gasteiger partial charge in [0.1, 0.15) is 0 Å². The van der Waals surface area contributed by atoms with Crippen LogP contribution < -0.4 is 5.32 Å². The van der Waals surface area contributed by atoms with E-state index >= 15 is 0 Å². The molecular weight excluding hydrogens is 303 g/mol. The summed E-state index contributed by atoms with van der Waals surface area (Å²) in [4.78, 5) is 10.1. The fourth-order valence-electron chi connectivity index (χ4n) is 1.83. The predicted octanol–water partition coefficient (Wildman–Crippen LogP) is 4.11. The van der Waals surface area contributed by atoms with E-state index in [-0.39, 0.29) is 27.7 Å². The van der Waals surface area contributed by atoms with Gasteiger partial charge in [-0.2, -0.15) is 0 Å². The molecule has 0 aromatic heterocycles. The van der Waals surface area contributed by atoms with Gasteiger partial charge in [-0.15, -0.1) is 0 Å². The van der Waals surface area contributed by atoms with Gasteiger partial charge < -0.3 is 10.4 Å². The fourth-order valence-corrected chi connectivity index (χ4v) is 2.44. The Bertz CT molecular complexity index is 478. The van der Waals surface area contributed by atoms with Crippen LogP contribution >= 0.6 is 23.2 Å². The molecule has 5 nitrogen and oxygen atoms in total. The van der Waals surface area contributed by atoms with Gasteiger partial charge in [0, 0.05) is 18.7 Å². The Kier molecular flexibility index (Phi) is 5.62. The molecule has 0 saturated heterocycles. The van der Waals surface area contributed by atoms with E-state index in [0.29, 0.717) is 12.1 Å². The van der Waals surface area contributed by atoms with Gasteiger partial charge in [-0.3, -0.25) is 10.1 Å². The Morgan fingerprint density at radius 2 is 1.85 bits per heavy atom. The van der Waals surface area contributed by atoms with Gasteiger partial charge in [0.15, 0.2) is 0 Å². The lowest BCUT2D eigenvalue weighted by atomic mass is 9.89. The number of rotatable bonds is 5. The van der Waals surface area contributed by atoms with Gasteiger partial charge in [0.25, 0.3) is 5.69 Å². The second-order valence-corrected chi connectivity index (χ2v) is 6.66. The highest BCUT2D eigenvalue weighted by Gasteiger charge is 2.18. The van der Waals surface area contributed by atoms with E-state index in [9.17, 15) is 15.2 Å². The number of benzene rings is 1. The minimum atomic E-state index is -0.560. The van der Waals surface area contributed by atoms with Crippen molar-refractivity contribution in [3.05, 3.63) is 32.3 Å². The van der Waals surface area contributed by atoms with E-state index in [1.54, 1.807) is 0 Å². The maximum atomic E-state index is 10.7. The van der Waals surface area contributed by atoms with Crippen molar-refractivity contribution in [1.29, 1.82) is 0 Å². The van der Waals surface area contributed by atoms with Crippen LogP contribution in [0, 0.1) is 15.5 Å². The number of anilines is 1. The number of nitro benzene ring substituents is 1. The molecule has 2 N–H and O–H groups in total. The van der Waals surface area contributed by atoms with Crippen molar-refractivity contribution < 1.29 is 10.0 Å². The summed E-state index contributed by atoms with van der Waals surface area (Å²) >= 11 is 11.9. The molecule has 112 valence electrons. The van der Waals surface area contributed by atoms with Crippen LogP contribution in [0.1, 0.15) is 27.2 Å². The van der Waals surface area contributed by atoms with Crippen molar-refractivity contribution in [3.63, 3.8) is 0 Å². The number of nitrogens with zero attached hydrogens (tertiary/aromatic N) is 1. The molecule has 0 aliphatic heterocycles. The van der Waals surface area contributed by atoms with E-state index in [2.05, 4.69) is 5.32 Å². The number of nitro groups is 1. The third-order valence-corrected chi connectivity index (χ3v) is 3.20. The summed E-state index contributed by atoms with van der Waals surface area (Å²) in [7, 11) is 0. The van der Waals surface area contributed by atoms with Crippen LogP contribution in [-0.4, -0.2) is 22.7 Å². The maximum Gasteiger partial charge on any atom is 0.272 e. The number of non-ortho nitro benzene ring substituents is 1. The number of hydrogen-bond acceptors (Lipinski definition) is 4. The third kappa shape index (κ3) is 5.15. The highest BCUT2D eigenvalue weighted by Crippen LogP contribution is 2.34. The Morgan fingerprint density at radius 1 is 1.35 bits per heavy atom. The zero-order valence-corrected chi connectivity index (χ0v) is 13.1. The molecule has 1 unspecified atom stereocenters. The van der Waals surface area contributed by atoms with Crippen molar-refractivity contribution in [2.24, 2.45) is 5.41 Å². The van der Waals surface area contributed by atoms with Crippen molar-refractivity contribution >= 4 is 34.6 Å². The van der Waals surface area contributed by atoms with Crippen LogP contribution in [0.5, 0.6) is 0 Å². The van der Waals surface area contributed by atoms with E-state index in [1.807, 2.05) is 20.8 Å². The first kappa shape index (κ1) is 17.0. The molecule has 20 heavy (non-hydrogen) atoms. The second-order valence-electron chi connectivity index (χ2n) is 5.84. The zero-order valence-electron chi connectivity index (χ0n) is 11.6. The van der Waals surface area contributed by atoms with Crippen LogP contribution in [-0.2, 0) is 0 Å². The lowest BCUT2D eigenvalue weighted by Crippen LogP contribution is -2.25. The average Bonchev–Trinajstić information content (AvgIpc) is 2.24. The molecule has 1 atom stereocenters. The molecule has 0 spiro atoms. The van der Waals surface area contributed by atoms with Gasteiger partial charge in [0.2, 0.25) is 0 Å². The van der Waals surface area contributed by atoms with Crippen LogP contribution in [0.3, 0.4) is 0 Å². The standard InChI is InChI=1S/C13H18Cl2N2O3/c1-13(2,3)6-9(18)7-16-12-10(14)4-8(17(19)20)5-11(12)15/h4-5,9,16,18H,6-7H2,1-3H3. The van der Waals surface area contributed by atoms with Crippen molar-refractivity contribution in [3.8, 4) is 0 Å². The molecule has 1 aromatic rings. The summed E-state index contributed by atoms with van der Waals surface area (Å²) in [6, 6.07) is 2.46. The molecule has 1 aromatic carbocycles. The van der Waals surface area contributed by atoms with Gasteiger partial charge in [-0.25, -0.2) is 0 Å². The molecule has 0 radical (unpaired) electrons. The fraction of sp³-hybridized carbons (Fsp3) is 0.538. The van der Waals surface area contributed by atoms with Crippen molar-refractivity contribution in [1.82, 2.24) is 0 Å². The second kappa shape index (κ2) is 6.61. The number of halogens is 2. The molecule has 0 fully saturated rings.